The van der Waals surface area contributed by atoms with Crippen molar-refractivity contribution in [2.24, 2.45) is 0 Å². The van der Waals surface area contributed by atoms with Gasteiger partial charge in [0.05, 0.1) is 11.6 Å². The van der Waals surface area contributed by atoms with E-state index in [1.165, 1.54) is 0 Å². The second-order valence-electron chi connectivity index (χ2n) is 4.14. The lowest BCUT2D eigenvalue weighted by Gasteiger charge is -2.17. The van der Waals surface area contributed by atoms with Crippen molar-refractivity contribution in [1.82, 2.24) is 15.5 Å². The van der Waals surface area contributed by atoms with E-state index in [9.17, 15) is 0 Å². The molecule has 0 amide bonds. The summed E-state index contributed by atoms with van der Waals surface area (Å²) >= 11 is 0. The van der Waals surface area contributed by atoms with Crippen LogP contribution in [-0.2, 0) is 16.7 Å². The quantitative estimate of drug-likeness (QED) is 0.793. The van der Waals surface area contributed by atoms with E-state index in [0.29, 0.717) is 18.1 Å². The van der Waals surface area contributed by atoms with Gasteiger partial charge < -0.3 is 14.6 Å². The van der Waals surface area contributed by atoms with Crippen LogP contribution in [0.5, 0.6) is 0 Å². The van der Waals surface area contributed by atoms with Crippen LogP contribution in [0.3, 0.4) is 0 Å². The second-order valence-corrected chi connectivity index (χ2v) is 4.14. The highest BCUT2D eigenvalue weighted by Crippen LogP contribution is 2.17. The van der Waals surface area contributed by atoms with E-state index in [1.807, 2.05) is 27.8 Å². The summed E-state index contributed by atoms with van der Waals surface area (Å²) in [6.45, 7) is 5.95. The Morgan fingerprint density at radius 3 is 2.73 bits per heavy atom. The molecule has 0 aliphatic carbocycles. The molecule has 1 atom stereocenters. The Kier molecular flexibility index (Phi) is 3.82. The van der Waals surface area contributed by atoms with Crippen molar-refractivity contribution in [2.75, 3.05) is 14.2 Å². The van der Waals surface area contributed by atoms with Crippen LogP contribution >= 0.6 is 0 Å². The fourth-order valence-electron chi connectivity index (χ4n) is 1.04. The van der Waals surface area contributed by atoms with Crippen molar-refractivity contribution in [3.8, 4) is 0 Å². The minimum absolute atomic E-state index is 0.105. The predicted molar refractivity (Wildman–Crippen MR) is 56.6 cm³/mol. The predicted octanol–water partition coefficient (Wildman–Crippen LogP) is 1.10. The fraction of sp³-hybridized carbons (Fsp3) is 0.800. The zero-order valence-corrected chi connectivity index (χ0v) is 10.00. The third-order valence-electron chi connectivity index (χ3n) is 2.50. The van der Waals surface area contributed by atoms with E-state index >= 15 is 0 Å². The molecule has 5 nitrogen and oxygen atoms in total. The Hall–Kier alpha value is -0.940. The van der Waals surface area contributed by atoms with Gasteiger partial charge in [-0.05, 0) is 27.8 Å². The van der Waals surface area contributed by atoms with Crippen molar-refractivity contribution in [3.05, 3.63) is 11.7 Å². The molecule has 86 valence electrons. The highest BCUT2D eigenvalue weighted by atomic mass is 16.5. The molecule has 0 aliphatic heterocycles. The van der Waals surface area contributed by atoms with Crippen LogP contribution in [0.2, 0.25) is 0 Å². The standard InChI is InChI=1S/C10H19N3O2/c1-7(14-5)6-8-12-9(15-13-8)10(2,3)11-4/h7,11H,6H2,1-5H3. The molecule has 0 fully saturated rings. The molecule has 0 spiro atoms. The van der Waals surface area contributed by atoms with E-state index in [-0.39, 0.29) is 11.6 Å². The van der Waals surface area contributed by atoms with Gasteiger partial charge in [-0.1, -0.05) is 5.16 Å². The summed E-state index contributed by atoms with van der Waals surface area (Å²) in [5.41, 5.74) is -0.290. The van der Waals surface area contributed by atoms with Gasteiger partial charge in [0.2, 0.25) is 5.89 Å². The number of nitrogens with one attached hydrogen (secondary N) is 1. The largest absolute Gasteiger partial charge is 0.381 e. The lowest BCUT2D eigenvalue weighted by Crippen LogP contribution is -2.33. The zero-order chi connectivity index (χ0) is 11.5. The molecule has 5 heteroatoms. The molecular weight excluding hydrogens is 194 g/mol. The molecule has 1 aromatic heterocycles. The molecule has 1 rings (SSSR count). The van der Waals surface area contributed by atoms with Gasteiger partial charge in [-0.25, -0.2) is 0 Å². The highest BCUT2D eigenvalue weighted by Gasteiger charge is 2.25. The van der Waals surface area contributed by atoms with Crippen LogP contribution in [0, 0.1) is 0 Å². The Bertz CT molecular complexity index is 309. The maximum Gasteiger partial charge on any atom is 0.246 e. The van der Waals surface area contributed by atoms with E-state index in [1.54, 1.807) is 7.11 Å². The first-order chi connectivity index (χ1) is 6.99. The van der Waals surface area contributed by atoms with Gasteiger partial charge in [0, 0.05) is 13.5 Å². The number of hydrogen-bond donors (Lipinski definition) is 1. The summed E-state index contributed by atoms with van der Waals surface area (Å²) in [4.78, 5) is 4.32. The van der Waals surface area contributed by atoms with Crippen LogP contribution in [0.1, 0.15) is 32.5 Å². The van der Waals surface area contributed by atoms with Gasteiger partial charge in [0.25, 0.3) is 0 Å². The Labute approximate surface area is 90.2 Å². The number of ether oxygens (including phenoxy) is 1. The molecule has 1 aromatic rings. The van der Waals surface area contributed by atoms with Gasteiger partial charge in [-0.15, -0.1) is 0 Å². The van der Waals surface area contributed by atoms with Crippen LogP contribution in [-0.4, -0.2) is 30.4 Å². The molecule has 1 heterocycles. The van der Waals surface area contributed by atoms with Crippen molar-refractivity contribution in [2.45, 2.75) is 38.8 Å². The van der Waals surface area contributed by atoms with Gasteiger partial charge in [0.15, 0.2) is 5.82 Å². The molecule has 0 saturated carbocycles. The normalized spacial score (nSPS) is 14.2. The van der Waals surface area contributed by atoms with Crippen LogP contribution in [0.15, 0.2) is 4.52 Å². The molecule has 0 aliphatic rings. The Morgan fingerprint density at radius 1 is 1.53 bits per heavy atom. The third-order valence-corrected chi connectivity index (χ3v) is 2.50. The van der Waals surface area contributed by atoms with Crippen molar-refractivity contribution >= 4 is 0 Å². The second kappa shape index (κ2) is 4.72. The van der Waals surface area contributed by atoms with E-state index in [4.69, 9.17) is 9.26 Å². The number of rotatable bonds is 5. The molecule has 15 heavy (non-hydrogen) atoms. The summed E-state index contributed by atoms with van der Waals surface area (Å²) in [6.07, 6.45) is 0.771. The molecular formula is C10H19N3O2. The molecule has 1 unspecified atom stereocenters. The maximum atomic E-state index is 5.19. The first-order valence-electron chi connectivity index (χ1n) is 5.04. The SMILES string of the molecule is CNC(C)(C)c1nc(CC(C)OC)no1. The maximum absolute atomic E-state index is 5.19. The summed E-state index contributed by atoms with van der Waals surface area (Å²) in [5.74, 6) is 1.28. The zero-order valence-electron chi connectivity index (χ0n) is 10.00. The average Bonchev–Trinajstić information content (AvgIpc) is 2.66. The smallest absolute Gasteiger partial charge is 0.246 e. The minimum atomic E-state index is -0.290. The van der Waals surface area contributed by atoms with E-state index < -0.39 is 0 Å². The molecule has 1 N–H and O–H groups in total. The van der Waals surface area contributed by atoms with Gasteiger partial charge in [-0.2, -0.15) is 4.98 Å². The number of hydrogen-bond acceptors (Lipinski definition) is 5. The highest BCUT2D eigenvalue weighted by molar-refractivity contribution is 4.99. The van der Waals surface area contributed by atoms with Gasteiger partial charge >= 0.3 is 0 Å². The first kappa shape index (κ1) is 12.1. The number of nitrogens with zero attached hydrogens (tertiary/aromatic N) is 2. The van der Waals surface area contributed by atoms with E-state index in [2.05, 4.69) is 15.5 Å². The Balaban J connectivity index is 2.72. The molecule has 0 aromatic carbocycles. The average molecular weight is 213 g/mol. The van der Waals surface area contributed by atoms with Crippen molar-refractivity contribution in [3.63, 3.8) is 0 Å². The topological polar surface area (TPSA) is 60.2 Å². The molecule has 0 radical (unpaired) electrons. The molecule has 0 saturated heterocycles. The number of methoxy groups -OCH3 is 1. The summed E-state index contributed by atoms with van der Waals surface area (Å²) in [7, 11) is 3.53. The third kappa shape index (κ3) is 3.00. The van der Waals surface area contributed by atoms with Crippen LogP contribution in [0.4, 0.5) is 0 Å². The van der Waals surface area contributed by atoms with Gasteiger partial charge in [0.1, 0.15) is 0 Å². The Morgan fingerprint density at radius 2 is 2.20 bits per heavy atom. The number of aromatic nitrogens is 2. The first-order valence-corrected chi connectivity index (χ1v) is 5.04. The summed E-state index contributed by atoms with van der Waals surface area (Å²) in [6, 6.07) is 0. The fourth-order valence-corrected chi connectivity index (χ4v) is 1.04. The lowest BCUT2D eigenvalue weighted by molar-refractivity contribution is 0.116. The van der Waals surface area contributed by atoms with Crippen LogP contribution in [0.25, 0.3) is 0 Å². The lowest BCUT2D eigenvalue weighted by atomic mass is 10.1. The van der Waals surface area contributed by atoms with Crippen LogP contribution < -0.4 is 5.32 Å². The van der Waals surface area contributed by atoms with E-state index in [0.717, 1.165) is 0 Å². The summed E-state index contributed by atoms with van der Waals surface area (Å²) in [5, 5.41) is 7.02. The summed E-state index contributed by atoms with van der Waals surface area (Å²) < 4.78 is 10.3. The molecule has 0 bridgehead atoms. The minimum Gasteiger partial charge on any atom is -0.381 e. The van der Waals surface area contributed by atoms with Crippen molar-refractivity contribution < 1.29 is 9.26 Å². The van der Waals surface area contributed by atoms with Crippen molar-refractivity contribution in [1.29, 1.82) is 0 Å². The van der Waals surface area contributed by atoms with Gasteiger partial charge in [-0.3, -0.25) is 0 Å². The monoisotopic (exact) mass is 213 g/mol.